The van der Waals surface area contributed by atoms with Crippen LogP contribution in [0.5, 0.6) is 0 Å². The molecule has 1 N–H and O–H groups in total. The molecule has 1 fully saturated rings. The van der Waals surface area contributed by atoms with E-state index < -0.39 is 0 Å². The monoisotopic (exact) mass is 304 g/mol. The minimum Gasteiger partial charge on any atom is -0.449 e. The first kappa shape index (κ1) is 14.1. The molecule has 1 amide bonds. The van der Waals surface area contributed by atoms with E-state index in [1.807, 2.05) is 0 Å². The van der Waals surface area contributed by atoms with Crippen molar-refractivity contribution in [3.63, 3.8) is 0 Å². The number of hydrogen-bond donors (Lipinski definition) is 1. The molecule has 0 bridgehead atoms. The molecule has 0 aromatic carbocycles. The Kier molecular flexibility index (Phi) is 5.04. The quantitative estimate of drug-likeness (QED) is 0.668. The van der Waals surface area contributed by atoms with Crippen LogP contribution in [0.2, 0.25) is 10.3 Å². The Morgan fingerprint density at radius 3 is 3.11 bits per heavy atom. The van der Waals surface area contributed by atoms with Crippen molar-refractivity contribution in [2.45, 2.75) is 12.8 Å². The lowest BCUT2D eigenvalue weighted by molar-refractivity contribution is 0.0729. The lowest BCUT2D eigenvalue weighted by atomic mass is 10.3. The number of cyclic esters (lactones) is 1. The molecule has 2 rings (SSSR count). The maximum atomic E-state index is 11.4. The van der Waals surface area contributed by atoms with Gasteiger partial charge in [-0.15, -0.1) is 0 Å². The highest BCUT2D eigenvalue weighted by molar-refractivity contribution is 6.33. The van der Waals surface area contributed by atoms with Crippen LogP contribution in [-0.2, 0) is 4.74 Å². The predicted molar refractivity (Wildman–Crippen MR) is 72.7 cm³/mol. The van der Waals surface area contributed by atoms with Crippen molar-refractivity contribution in [3.05, 3.63) is 16.5 Å². The van der Waals surface area contributed by atoms with E-state index in [2.05, 4.69) is 15.3 Å². The molecule has 1 aromatic heterocycles. The smallest absolute Gasteiger partial charge is 0.409 e. The Hall–Kier alpha value is -1.27. The summed E-state index contributed by atoms with van der Waals surface area (Å²) < 4.78 is 4.95. The molecule has 0 saturated carbocycles. The number of carbonyl (C=O) groups is 1. The first-order chi connectivity index (χ1) is 9.16. The van der Waals surface area contributed by atoms with Crippen LogP contribution in [0.15, 0.2) is 6.20 Å². The van der Waals surface area contributed by atoms with Gasteiger partial charge in [0.15, 0.2) is 0 Å². The summed E-state index contributed by atoms with van der Waals surface area (Å²) in [5.74, 6) is 0.503. The number of aromatic nitrogens is 2. The Morgan fingerprint density at radius 1 is 1.47 bits per heavy atom. The predicted octanol–water partition coefficient (Wildman–Crippen LogP) is 2.43. The molecule has 0 radical (unpaired) electrons. The summed E-state index contributed by atoms with van der Waals surface area (Å²) >= 11 is 11.6. The van der Waals surface area contributed by atoms with E-state index in [9.17, 15) is 4.79 Å². The third kappa shape index (κ3) is 4.11. The van der Waals surface area contributed by atoms with Crippen LogP contribution in [-0.4, -0.2) is 47.2 Å². The fraction of sp³-hybridized carbons (Fsp3) is 0.545. The van der Waals surface area contributed by atoms with Crippen molar-refractivity contribution < 1.29 is 9.53 Å². The van der Waals surface area contributed by atoms with E-state index in [0.29, 0.717) is 30.5 Å². The maximum Gasteiger partial charge on any atom is 0.409 e. The topological polar surface area (TPSA) is 67.3 Å². The summed E-state index contributed by atoms with van der Waals surface area (Å²) in [4.78, 5) is 20.8. The molecular weight excluding hydrogens is 291 g/mol. The van der Waals surface area contributed by atoms with Crippen LogP contribution in [0, 0.1) is 0 Å². The third-order valence-electron chi connectivity index (χ3n) is 2.67. The van der Waals surface area contributed by atoms with Crippen LogP contribution in [0.1, 0.15) is 12.8 Å². The van der Waals surface area contributed by atoms with Gasteiger partial charge in [-0.05, 0) is 24.4 Å². The van der Waals surface area contributed by atoms with Gasteiger partial charge < -0.3 is 15.0 Å². The molecule has 0 aliphatic carbocycles. The largest absolute Gasteiger partial charge is 0.449 e. The minimum absolute atomic E-state index is 0.145. The number of halogens is 2. The van der Waals surface area contributed by atoms with Gasteiger partial charge >= 0.3 is 6.09 Å². The summed E-state index contributed by atoms with van der Waals surface area (Å²) in [7, 11) is 0. The van der Waals surface area contributed by atoms with E-state index in [1.54, 1.807) is 4.90 Å². The third-order valence-corrected chi connectivity index (χ3v) is 3.13. The summed E-state index contributed by atoms with van der Waals surface area (Å²) in [5, 5.41) is 3.63. The maximum absolute atomic E-state index is 11.4. The van der Waals surface area contributed by atoms with E-state index in [-0.39, 0.29) is 11.4 Å². The second-order valence-corrected chi connectivity index (χ2v) is 4.82. The van der Waals surface area contributed by atoms with E-state index >= 15 is 0 Å². The average Bonchev–Trinajstić information content (AvgIpc) is 2.40. The Bertz CT molecular complexity index is 458. The molecular formula is C11H14Cl2N4O2. The van der Waals surface area contributed by atoms with Gasteiger partial charge in [0.1, 0.15) is 10.8 Å². The van der Waals surface area contributed by atoms with Gasteiger partial charge in [-0.25, -0.2) is 9.78 Å². The van der Waals surface area contributed by atoms with Gasteiger partial charge in [-0.2, -0.15) is 4.98 Å². The number of hydrogen-bond acceptors (Lipinski definition) is 5. The standard InChI is InChI=1S/C11H14Cl2N4O2/c12-8-7-15-10(13)16-9(8)14-3-1-4-17-5-2-6-19-11(17)18/h7H,1-6H2,(H,14,15,16). The van der Waals surface area contributed by atoms with Crippen molar-refractivity contribution in [3.8, 4) is 0 Å². The van der Waals surface area contributed by atoms with Gasteiger partial charge in [0.05, 0.1) is 12.8 Å². The van der Waals surface area contributed by atoms with Crippen molar-refractivity contribution in [2.75, 3.05) is 31.6 Å². The van der Waals surface area contributed by atoms with Gasteiger partial charge in [0.2, 0.25) is 5.28 Å². The zero-order valence-electron chi connectivity index (χ0n) is 10.2. The molecule has 0 spiro atoms. The van der Waals surface area contributed by atoms with Crippen molar-refractivity contribution in [1.82, 2.24) is 14.9 Å². The Morgan fingerprint density at radius 2 is 2.32 bits per heavy atom. The highest BCUT2D eigenvalue weighted by Crippen LogP contribution is 2.19. The summed E-state index contributed by atoms with van der Waals surface area (Å²) in [6.45, 7) is 2.54. The van der Waals surface area contributed by atoms with Crippen molar-refractivity contribution in [1.29, 1.82) is 0 Å². The Labute approximate surface area is 121 Å². The molecule has 1 aromatic rings. The number of carbonyl (C=O) groups excluding carboxylic acids is 1. The zero-order valence-corrected chi connectivity index (χ0v) is 11.7. The zero-order chi connectivity index (χ0) is 13.7. The normalized spacial score (nSPS) is 15.3. The van der Waals surface area contributed by atoms with Crippen molar-refractivity contribution in [2.24, 2.45) is 0 Å². The summed E-state index contributed by atoms with van der Waals surface area (Å²) in [6.07, 6.45) is 2.86. The van der Waals surface area contributed by atoms with Gasteiger partial charge in [0.25, 0.3) is 0 Å². The molecule has 2 heterocycles. The molecule has 19 heavy (non-hydrogen) atoms. The molecule has 0 atom stereocenters. The molecule has 1 aliphatic heterocycles. The first-order valence-electron chi connectivity index (χ1n) is 6.00. The molecule has 6 nitrogen and oxygen atoms in total. The van der Waals surface area contributed by atoms with Crippen LogP contribution >= 0.6 is 23.2 Å². The number of nitrogens with one attached hydrogen (secondary N) is 1. The SMILES string of the molecule is O=C1OCCCN1CCCNc1nc(Cl)ncc1Cl. The molecule has 1 aliphatic rings. The fourth-order valence-corrected chi connectivity index (χ4v) is 2.04. The number of amides is 1. The van der Waals surface area contributed by atoms with E-state index in [1.165, 1.54) is 6.20 Å². The molecule has 104 valence electrons. The molecule has 0 unspecified atom stereocenters. The van der Waals surface area contributed by atoms with Crippen LogP contribution in [0.25, 0.3) is 0 Å². The van der Waals surface area contributed by atoms with Crippen molar-refractivity contribution >= 4 is 35.1 Å². The lowest BCUT2D eigenvalue weighted by Gasteiger charge is -2.26. The minimum atomic E-state index is -0.241. The van der Waals surface area contributed by atoms with E-state index in [4.69, 9.17) is 27.9 Å². The highest BCUT2D eigenvalue weighted by Gasteiger charge is 2.18. The summed E-state index contributed by atoms with van der Waals surface area (Å²) in [5.41, 5.74) is 0. The van der Waals surface area contributed by atoms with Gasteiger partial charge in [-0.3, -0.25) is 0 Å². The number of nitrogens with zero attached hydrogens (tertiary/aromatic N) is 3. The van der Waals surface area contributed by atoms with E-state index in [0.717, 1.165) is 19.4 Å². The van der Waals surface area contributed by atoms with Gasteiger partial charge in [0, 0.05) is 19.6 Å². The second-order valence-electron chi connectivity index (χ2n) is 4.07. The van der Waals surface area contributed by atoms with Crippen LogP contribution in [0.4, 0.5) is 10.6 Å². The van der Waals surface area contributed by atoms with Crippen LogP contribution in [0.3, 0.4) is 0 Å². The Balaban J connectivity index is 1.74. The molecule has 1 saturated heterocycles. The first-order valence-corrected chi connectivity index (χ1v) is 6.76. The second kappa shape index (κ2) is 6.77. The number of rotatable bonds is 5. The number of anilines is 1. The lowest BCUT2D eigenvalue weighted by Crippen LogP contribution is -2.38. The summed E-state index contributed by atoms with van der Waals surface area (Å²) in [6, 6.07) is 0. The number of ether oxygens (including phenoxy) is 1. The van der Waals surface area contributed by atoms with Gasteiger partial charge in [-0.1, -0.05) is 11.6 Å². The average molecular weight is 305 g/mol. The molecule has 8 heteroatoms. The fourth-order valence-electron chi connectivity index (χ4n) is 1.75. The highest BCUT2D eigenvalue weighted by atomic mass is 35.5. The van der Waals surface area contributed by atoms with Crippen LogP contribution < -0.4 is 5.32 Å².